The predicted octanol–water partition coefficient (Wildman–Crippen LogP) is 4.46. The van der Waals surface area contributed by atoms with Crippen molar-refractivity contribution in [3.63, 3.8) is 0 Å². The third-order valence-corrected chi connectivity index (χ3v) is 3.57. The van der Waals surface area contributed by atoms with Crippen LogP contribution in [0.3, 0.4) is 0 Å². The van der Waals surface area contributed by atoms with Gasteiger partial charge in [0.2, 0.25) is 0 Å². The highest BCUT2D eigenvalue weighted by Crippen LogP contribution is 2.27. The van der Waals surface area contributed by atoms with E-state index in [9.17, 15) is 5.26 Å². The molecule has 0 aliphatic carbocycles. The van der Waals surface area contributed by atoms with Gasteiger partial charge in [-0.3, -0.25) is 0 Å². The number of benzene rings is 1. The van der Waals surface area contributed by atoms with E-state index < -0.39 is 0 Å². The van der Waals surface area contributed by atoms with Crippen LogP contribution in [0.2, 0.25) is 5.15 Å². The van der Waals surface area contributed by atoms with E-state index in [0.717, 1.165) is 22.9 Å². The third-order valence-electron chi connectivity index (χ3n) is 2.75. The monoisotopic (exact) mass is 350 g/mol. The second kappa shape index (κ2) is 6.69. The predicted molar refractivity (Wildman–Crippen MR) is 83.2 cm³/mol. The van der Waals surface area contributed by atoms with Crippen molar-refractivity contribution in [2.24, 2.45) is 0 Å². The molecular formula is C14H12BrClN4. The molecule has 102 valence electrons. The molecule has 0 spiro atoms. The molecule has 4 nitrogen and oxygen atoms in total. The first-order valence-corrected chi connectivity index (χ1v) is 7.28. The lowest BCUT2D eigenvalue weighted by molar-refractivity contribution is 0.904. The topological polar surface area (TPSA) is 61.6 Å². The number of hydrogen-bond donors (Lipinski definition) is 1. The van der Waals surface area contributed by atoms with Crippen molar-refractivity contribution in [3.05, 3.63) is 45.3 Å². The fourth-order valence-electron chi connectivity index (χ4n) is 1.82. The minimum atomic E-state index is 0.444. The van der Waals surface area contributed by atoms with Crippen LogP contribution in [0.25, 0.3) is 0 Å². The van der Waals surface area contributed by atoms with E-state index in [1.165, 1.54) is 6.33 Å². The van der Waals surface area contributed by atoms with Crippen molar-refractivity contribution in [1.29, 1.82) is 5.26 Å². The zero-order chi connectivity index (χ0) is 14.5. The molecule has 2 rings (SSSR count). The van der Waals surface area contributed by atoms with Gasteiger partial charge in [0.15, 0.2) is 0 Å². The molecule has 6 heteroatoms. The molecular weight excluding hydrogens is 340 g/mol. The van der Waals surface area contributed by atoms with Crippen LogP contribution in [-0.4, -0.2) is 9.97 Å². The molecule has 0 aliphatic heterocycles. The Morgan fingerprint density at radius 1 is 1.40 bits per heavy atom. The summed E-state index contributed by atoms with van der Waals surface area (Å²) in [5.41, 5.74) is 2.10. The lowest BCUT2D eigenvalue weighted by Gasteiger charge is -2.12. The van der Waals surface area contributed by atoms with Gasteiger partial charge in [-0.2, -0.15) is 5.26 Å². The Morgan fingerprint density at radius 3 is 2.90 bits per heavy atom. The first kappa shape index (κ1) is 14.8. The maximum absolute atomic E-state index is 9.18. The van der Waals surface area contributed by atoms with Crippen LogP contribution in [0.1, 0.15) is 24.5 Å². The molecule has 0 aliphatic rings. The molecule has 0 bridgehead atoms. The average molecular weight is 352 g/mol. The summed E-state index contributed by atoms with van der Waals surface area (Å²) in [5.74, 6) is 0.644. The van der Waals surface area contributed by atoms with Crippen LogP contribution in [0, 0.1) is 11.3 Å². The molecule has 0 saturated carbocycles. The second-order valence-corrected chi connectivity index (χ2v) is 5.44. The van der Waals surface area contributed by atoms with Crippen molar-refractivity contribution < 1.29 is 0 Å². The third kappa shape index (κ3) is 3.27. The van der Waals surface area contributed by atoms with E-state index in [-0.39, 0.29) is 0 Å². The number of nitriles is 1. The highest BCUT2D eigenvalue weighted by molar-refractivity contribution is 9.10. The Labute approximate surface area is 131 Å². The summed E-state index contributed by atoms with van der Waals surface area (Å²) < 4.78 is 0.856. The SMILES string of the molecule is CCCc1c(Cl)ncnc1Nc1ccc(Br)cc1C#N. The number of hydrogen-bond acceptors (Lipinski definition) is 4. The smallest absolute Gasteiger partial charge is 0.138 e. The summed E-state index contributed by atoms with van der Waals surface area (Å²) in [6.07, 6.45) is 3.13. The van der Waals surface area contributed by atoms with Crippen LogP contribution in [0.5, 0.6) is 0 Å². The van der Waals surface area contributed by atoms with Crippen molar-refractivity contribution in [3.8, 4) is 6.07 Å². The van der Waals surface area contributed by atoms with E-state index in [1.807, 2.05) is 12.1 Å². The molecule has 0 radical (unpaired) electrons. The van der Waals surface area contributed by atoms with Gasteiger partial charge in [-0.15, -0.1) is 0 Å². The van der Waals surface area contributed by atoms with E-state index in [0.29, 0.717) is 22.2 Å². The summed E-state index contributed by atoms with van der Waals surface area (Å²) in [6, 6.07) is 7.60. The van der Waals surface area contributed by atoms with Crippen LogP contribution in [0.15, 0.2) is 29.0 Å². The Balaban J connectivity index is 2.40. The normalized spacial score (nSPS) is 10.1. The van der Waals surface area contributed by atoms with Crippen molar-refractivity contribution in [2.75, 3.05) is 5.32 Å². The largest absolute Gasteiger partial charge is 0.339 e. The first-order chi connectivity index (χ1) is 9.65. The first-order valence-electron chi connectivity index (χ1n) is 6.11. The van der Waals surface area contributed by atoms with Crippen molar-refractivity contribution in [2.45, 2.75) is 19.8 Å². The van der Waals surface area contributed by atoms with Crippen LogP contribution < -0.4 is 5.32 Å². The fourth-order valence-corrected chi connectivity index (χ4v) is 2.40. The van der Waals surface area contributed by atoms with Gasteiger partial charge in [0.25, 0.3) is 0 Å². The van der Waals surface area contributed by atoms with Gasteiger partial charge in [-0.05, 0) is 24.6 Å². The van der Waals surface area contributed by atoms with E-state index in [1.54, 1.807) is 6.07 Å². The Bertz CT molecular complexity index is 667. The molecule has 1 N–H and O–H groups in total. The summed E-state index contributed by atoms with van der Waals surface area (Å²) in [6.45, 7) is 2.06. The second-order valence-electron chi connectivity index (χ2n) is 4.17. The average Bonchev–Trinajstić information content (AvgIpc) is 2.44. The van der Waals surface area contributed by atoms with Crippen molar-refractivity contribution in [1.82, 2.24) is 9.97 Å². The fraction of sp³-hybridized carbons (Fsp3) is 0.214. The molecule has 20 heavy (non-hydrogen) atoms. The minimum Gasteiger partial charge on any atom is -0.339 e. The summed E-state index contributed by atoms with van der Waals surface area (Å²) in [4.78, 5) is 8.22. The van der Waals surface area contributed by atoms with E-state index >= 15 is 0 Å². The molecule has 0 fully saturated rings. The lowest BCUT2D eigenvalue weighted by Crippen LogP contribution is -2.02. The van der Waals surface area contributed by atoms with Crippen LogP contribution in [0.4, 0.5) is 11.5 Å². The van der Waals surface area contributed by atoms with Gasteiger partial charge in [0, 0.05) is 10.0 Å². The molecule has 0 unspecified atom stereocenters. The molecule has 1 aromatic heterocycles. The number of rotatable bonds is 4. The van der Waals surface area contributed by atoms with Crippen LogP contribution in [-0.2, 0) is 6.42 Å². The van der Waals surface area contributed by atoms with Gasteiger partial charge in [0.05, 0.1) is 11.3 Å². The molecule has 0 amide bonds. The summed E-state index contributed by atoms with van der Waals surface area (Å²) in [5, 5.41) is 12.8. The van der Waals surface area contributed by atoms with Crippen LogP contribution >= 0.6 is 27.5 Å². The zero-order valence-corrected chi connectivity index (χ0v) is 13.2. The maximum atomic E-state index is 9.18. The van der Waals surface area contributed by atoms with Crippen molar-refractivity contribution >= 4 is 39.0 Å². The standard InChI is InChI=1S/C14H12BrClN4/c1-2-3-11-13(16)18-8-19-14(11)20-12-5-4-10(15)6-9(12)7-17/h4-6,8H,2-3H2,1H3,(H,18,19,20). The summed E-state index contributed by atoms with van der Waals surface area (Å²) >= 11 is 9.46. The Morgan fingerprint density at radius 2 is 2.20 bits per heavy atom. The number of nitrogens with one attached hydrogen (secondary N) is 1. The van der Waals surface area contributed by atoms with Gasteiger partial charge >= 0.3 is 0 Å². The summed E-state index contributed by atoms with van der Waals surface area (Å²) in [7, 11) is 0. The number of aromatic nitrogens is 2. The van der Waals surface area contributed by atoms with E-state index in [4.69, 9.17) is 11.6 Å². The molecule has 1 heterocycles. The molecule has 0 atom stereocenters. The molecule has 2 aromatic rings. The van der Waals surface area contributed by atoms with Gasteiger partial charge < -0.3 is 5.32 Å². The number of anilines is 2. The minimum absolute atomic E-state index is 0.444. The van der Waals surface area contributed by atoms with Gasteiger partial charge in [-0.1, -0.05) is 40.9 Å². The Kier molecular flexibility index (Phi) is 4.94. The van der Waals surface area contributed by atoms with Gasteiger partial charge in [-0.25, -0.2) is 9.97 Å². The quantitative estimate of drug-likeness (QED) is 0.826. The zero-order valence-electron chi connectivity index (χ0n) is 10.8. The Hall–Kier alpha value is -1.64. The lowest BCUT2D eigenvalue weighted by atomic mass is 10.1. The molecule has 0 saturated heterocycles. The van der Waals surface area contributed by atoms with E-state index in [2.05, 4.69) is 44.2 Å². The van der Waals surface area contributed by atoms with Gasteiger partial charge in [0.1, 0.15) is 23.4 Å². The maximum Gasteiger partial charge on any atom is 0.138 e. The highest BCUT2D eigenvalue weighted by atomic mass is 79.9. The number of nitrogens with zero attached hydrogens (tertiary/aromatic N) is 3. The molecule has 1 aromatic carbocycles. The highest BCUT2D eigenvalue weighted by Gasteiger charge is 2.11. The number of halogens is 2.